The van der Waals surface area contributed by atoms with Crippen molar-refractivity contribution in [2.45, 2.75) is 13.0 Å². The number of carbonyl (C=O) groups is 1. The number of amides is 1. The first-order valence-corrected chi connectivity index (χ1v) is 10.4. The molecule has 7 heteroatoms. The number of thioether (sulfide) groups is 1. The summed E-state index contributed by atoms with van der Waals surface area (Å²) in [5.74, 6) is 1.95. The maximum atomic E-state index is 14.1. The molecule has 1 atom stereocenters. The molecule has 0 radical (unpaired) electrons. The van der Waals surface area contributed by atoms with Crippen molar-refractivity contribution < 1.29 is 19.0 Å². The molecule has 1 saturated heterocycles. The van der Waals surface area contributed by atoms with Gasteiger partial charge in [-0.05, 0) is 35.4 Å². The molecule has 1 unspecified atom stereocenters. The third-order valence-electron chi connectivity index (χ3n) is 4.40. The van der Waals surface area contributed by atoms with Crippen LogP contribution in [0.2, 0.25) is 0 Å². The number of nitrogens with one attached hydrogen (secondary N) is 1. The van der Waals surface area contributed by atoms with E-state index >= 15 is 0 Å². The SMILES string of the molecule is CC(=O)Nc1cccc(-c2cc(F)cc(OCC(O)CN3CCSCC3)c2)c1. The van der Waals surface area contributed by atoms with Gasteiger partial charge in [0.15, 0.2) is 0 Å². The molecule has 0 aliphatic carbocycles. The molecule has 2 aromatic carbocycles. The molecule has 1 amide bonds. The van der Waals surface area contributed by atoms with Gasteiger partial charge in [0.05, 0.1) is 0 Å². The van der Waals surface area contributed by atoms with Gasteiger partial charge in [0, 0.05) is 49.8 Å². The van der Waals surface area contributed by atoms with Crippen LogP contribution in [0.4, 0.5) is 10.1 Å². The van der Waals surface area contributed by atoms with Crippen LogP contribution in [-0.2, 0) is 4.79 Å². The summed E-state index contributed by atoms with van der Waals surface area (Å²) in [6.45, 7) is 4.04. The second kappa shape index (κ2) is 9.91. The van der Waals surface area contributed by atoms with Gasteiger partial charge in [-0.15, -0.1) is 0 Å². The highest BCUT2D eigenvalue weighted by atomic mass is 32.2. The van der Waals surface area contributed by atoms with Gasteiger partial charge >= 0.3 is 0 Å². The van der Waals surface area contributed by atoms with E-state index in [-0.39, 0.29) is 12.5 Å². The minimum absolute atomic E-state index is 0.110. The highest BCUT2D eigenvalue weighted by Crippen LogP contribution is 2.27. The summed E-state index contributed by atoms with van der Waals surface area (Å²) in [5, 5.41) is 13.0. The lowest BCUT2D eigenvalue weighted by atomic mass is 10.0. The van der Waals surface area contributed by atoms with E-state index in [0.717, 1.165) is 30.2 Å². The number of β-amino-alcohol motifs (C(OH)–C–C–N with tert-alkyl or cyclic N) is 1. The number of anilines is 1. The smallest absolute Gasteiger partial charge is 0.221 e. The van der Waals surface area contributed by atoms with E-state index in [1.54, 1.807) is 24.3 Å². The molecule has 3 rings (SSSR count). The van der Waals surface area contributed by atoms with Gasteiger partial charge in [0.25, 0.3) is 0 Å². The summed E-state index contributed by atoms with van der Waals surface area (Å²) in [5.41, 5.74) is 2.05. The summed E-state index contributed by atoms with van der Waals surface area (Å²) in [4.78, 5) is 13.5. The fourth-order valence-corrected chi connectivity index (χ4v) is 4.10. The molecule has 1 fully saturated rings. The van der Waals surface area contributed by atoms with Crippen LogP contribution in [0.15, 0.2) is 42.5 Å². The fourth-order valence-electron chi connectivity index (χ4n) is 3.12. The lowest BCUT2D eigenvalue weighted by Crippen LogP contribution is -2.40. The molecule has 1 heterocycles. The second-order valence-corrected chi connectivity index (χ2v) is 8.04. The van der Waals surface area contributed by atoms with E-state index in [1.165, 1.54) is 19.1 Å². The van der Waals surface area contributed by atoms with Crippen LogP contribution in [0.3, 0.4) is 0 Å². The molecule has 28 heavy (non-hydrogen) atoms. The fraction of sp³-hybridized carbons (Fsp3) is 0.381. The van der Waals surface area contributed by atoms with Crippen LogP contribution in [-0.4, -0.2) is 59.8 Å². The first-order valence-electron chi connectivity index (χ1n) is 9.29. The zero-order valence-corrected chi connectivity index (χ0v) is 16.7. The van der Waals surface area contributed by atoms with Gasteiger partial charge in [0.1, 0.15) is 24.3 Å². The van der Waals surface area contributed by atoms with Crippen LogP contribution in [0, 0.1) is 5.82 Å². The Morgan fingerprint density at radius 3 is 2.79 bits per heavy atom. The number of halogens is 1. The third kappa shape index (κ3) is 6.22. The number of aliphatic hydroxyl groups excluding tert-OH is 1. The molecule has 0 saturated carbocycles. The van der Waals surface area contributed by atoms with Crippen LogP contribution in [0.25, 0.3) is 11.1 Å². The normalized spacial score (nSPS) is 15.8. The number of carbonyl (C=O) groups excluding carboxylic acids is 1. The first-order chi connectivity index (χ1) is 13.5. The van der Waals surface area contributed by atoms with E-state index in [9.17, 15) is 14.3 Å². The Balaban J connectivity index is 1.65. The van der Waals surface area contributed by atoms with Crippen LogP contribution in [0.1, 0.15) is 6.92 Å². The highest BCUT2D eigenvalue weighted by Gasteiger charge is 2.15. The highest BCUT2D eigenvalue weighted by molar-refractivity contribution is 7.99. The zero-order valence-electron chi connectivity index (χ0n) is 15.9. The standard InChI is InChI=1S/C21H25FN2O3S/c1-15(25)23-19-4-2-3-16(10-19)17-9-18(22)12-21(11-17)27-14-20(26)13-24-5-7-28-8-6-24/h2-4,9-12,20,26H,5-8,13-14H2,1H3,(H,23,25). The molecule has 0 aromatic heterocycles. The van der Waals surface area contributed by atoms with Gasteiger partial charge in [-0.1, -0.05) is 12.1 Å². The number of benzene rings is 2. The topological polar surface area (TPSA) is 61.8 Å². The first kappa shape index (κ1) is 20.6. The zero-order chi connectivity index (χ0) is 19.9. The van der Waals surface area contributed by atoms with Gasteiger partial charge in [-0.2, -0.15) is 11.8 Å². The van der Waals surface area contributed by atoms with Crippen molar-refractivity contribution in [2.24, 2.45) is 0 Å². The summed E-state index contributed by atoms with van der Waals surface area (Å²) in [6, 6.07) is 11.7. The second-order valence-electron chi connectivity index (χ2n) is 6.82. The summed E-state index contributed by atoms with van der Waals surface area (Å²) < 4.78 is 19.8. The number of nitrogens with zero attached hydrogens (tertiary/aromatic N) is 1. The van der Waals surface area contributed by atoms with Crippen LogP contribution >= 0.6 is 11.8 Å². The number of hydrogen-bond acceptors (Lipinski definition) is 5. The minimum atomic E-state index is -0.627. The van der Waals surface area contributed by atoms with Crippen LogP contribution in [0.5, 0.6) is 5.75 Å². The van der Waals surface area contributed by atoms with Gasteiger partial charge in [-0.3, -0.25) is 9.69 Å². The van der Waals surface area contributed by atoms with Crippen molar-refractivity contribution in [3.63, 3.8) is 0 Å². The van der Waals surface area contributed by atoms with Crippen molar-refractivity contribution in [1.82, 2.24) is 4.90 Å². The monoisotopic (exact) mass is 404 g/mol. The van der Waals surface area contributed by atoms with Crippen molar-refractivity contribution in [2.75, 3.05) is 43.1 Å². The molecular formula is C21H25FN2O3S. The van der Waals surface area contributed by atoms with E-state index < -0.39 is 11.9 Å². The average molecular weight is 405 g/mol. The Morgan fingerprint density at radius 1 is 1.25 bits per heavy atom. The van der Waals surface area contributed by atoms with Crippen molar-refractivity contribution >= 4 is 23.4 Å². The molecule has 150 valence electrons. The molecular weight excluding hydrogens is 379 g/mol. The van der Waals surface area contributed by atoms with Crippen molar-refractivity contribution in [3.8, 4) is 16.9 Å². The maximum absolute atomic E-state index is 14.1. The van der Waals surface area contributed by atoms with Gasteiger partial charge in [0.2, 0.25) is 5.91 Å². The number of ether oxygens (including phenoxy) is 1. The number of rotatable bonds is 7. The Bertz CT molecular complexity index is 812. The van der Waals surface area contributed by atoms with Crippen molar-refractivity contribution in [1.29, 1.82) is 0 Å². The molecule has 0 spiro atoms. The number of aliphatic hydroxyl groups is 1. The van der Waals surface area contributed by atoms with Crippen molar-refractivity contribution in [3.05, 3.63) is 48.3 Å². The summed E-state index contributed by atoms with van der Waals surface area (Å²) in [7, 11) is 0. The quantitative estimate of drug-likeness (QED) is 0.742. The van der Waals surface area contributed by atoms with E-state index in [0.29, 0.717) is 23.5 Å². The van der Waals surface area contributed by atoms with Gasteiger partial charge in [-0.25, -0.2) is 4.39 Å². The van der Waals surface area contributed by atoms with Crippen LogP contribution < -0.4 is 10.1 Å². The Morgan fingerprint density at radius 2 is 2.04 bits per heavy atom. The third-order valence-corrected chi connectivity index (χ3v) is 5.35. The Kier molecular flexibility index (Phi) is 7.30. The maximum Gasteiger partial charge on any atom is 0.221 e. The largest absolute Gasteiger partial charge is 0.491 e. The Labute approximate surface area is 168 Å². The molecule has 0 bridgehead atoms. The van der Waals surface area contributed by atoms with E-state index in [1.807, 2.05) is 17.8 Å². The summed E-state index contributed by atoms with van der Waals surface area (Å²) in [6.07, 6.45) is -0.627. The molecule has 2 N–H and O–H groups in total. The lowest BCUT2D eigenvalue weighted by molar-refractivity contribution is -0.114. The van der Waals surface area contributed by atoms with E-state index in [4.69, 9.17) is 4.74 Å². The molecule has 1 aliphatic rings. The molecule has 5 nitrogen and oxygen atoms in total. The lowest BCUT2D eigenvalue weighted by Gasteiger charge is -2.28. The Hall–Kier alpha value is -2.09. The minimum Gasteiger partial charge on any atom is -0.491 e. The van der Waals surface area contributed by atoms with Gasteiger partial charge < -0.3 is 15.2 Å². The summed E-state index contributed by atoms with van der Waals surface area (Å²) >= 11 is 1.92. The number of hydrogen-bond donors (Lipinski definition) is 2. The van der Waals surface area contributed by atoms with E-state index in [2.05, 4.69) is 10.2 Å². The molecule has 1 aliphatic heterocycles. The predicted octanol–water partition coefficient (Wildman–Crippen LogP) is 3.24. The molecule has 2 aromatic rings. The predicted molar refractivity (Wildman–Crippen MR) is 111 cm³/mol. The average Bonchev–Trinajstić information content (AvgIpc) is 2.66.